The van der Waals surface area contributed by atoms with Gasteiger partial charge in [0.2, 0.25) is 0 Å². The molecule has 2 rings (SSSR count). The Hall–Kier alpha value is -1.55. The van der Waals surface area contributed by atoms with Gasteiger partial charge in [0.05, 0.1) is 18.3 Å². The number of methoxy groups -OCH3 is 1. The Morgan fingerprint density at radius 2 is 2.20 bits per heavy atom. The van der Waals surface area contributed by atoms with Crippen molar-refractivity contribution in [1.82, 2.24) is 10.2 Å². The molecule has 0 bridgehead atoms. The molecule has 0 unspecified atom stereocenters. The molecule has 0 aliphatic rings. The molecule has 0 aliphatic heterocycles. The fourth-order valence-corrected chi connectivity index (χ4v) is 1.52. The Balaban J connectivity index is 2.21. The zero-order valence-electron chi connectivity index (χ0n) is 8.91. The van der Waals surface area contributed by atoms with E-state index in [1.54, 1.807) is 7.11 Å². The van der Waals surface area contributed by atoms with Crippen molar-refractivity contribution in [3.8, 4) is 5.75 Å². The topological polar surface area (TPSA) is 47.1 Å². The van der Waals surface area contributed by atoms with Crippen molar-refractivity contribution in [2.45, 2.75) is 6.92 Å². The average molecular weight is 206 g/mol. The molecule has 0 aliphatic carbocycles. The van der Waals surface area contributed by atoms with Crippen molar-refractivity contribution >= 4 is 10.9 Å². The van der Waals surface area contributed by atoms with E-state index in [1.807, 2.05) is 25.3 Å². The quantitative estimate of drug-likeness (QED) is 0.777. The Morgan fingerprint density at radius 3 is 3.00 bits per heavy atom. The summed E-state index contributed by atoms with van der Waals surface area (Å²) in [6.45, 7) is 3.21. The zero-order chi connectivity index (χ0) is 10.7. The zero-order valence-corrected chi connectivity index (χ0v) is 8.91. The third kappa shape index (κ3) is 2.10. The summed E-state index contributed by atoms with van der Waals surface area (Å²) in [5.41, 5.74) is 2.16. The molecule has 0 saturated heterocycles. The summed E-state index contributed by atoms with van der Waals surface area (Å²) in [6.07, 6.45) is 1.82. The van der Waals surface area contributed by atoms with Crippen LogP contribution in [0, 0.1) is 6.92 Å². The molecule has 4 heteroatoms. The molecule has 80 valence electrons. The van der Waals surface area contributed by atoms with E-state index in [9.17, 15) is 0 Å². The minimum Gasteiger partial charge on any atom is -0.491 e. The van der Waals surface area contributed by atoms with Crippen molar-refractivity contribution < 1.29 is 9.47 Å². The first-order chi connectivity index (χ1) is 7.31. The van der Waals surface area contributed by atoms with Crippen LogP contribution in [0.3, 0.4) is 0 Å². The summed E-state index contributed by atoms with van der Waals surface area (Å²) < 4.78 is 10.5. The maximum atomic E-state index is 5.53. The fraction of sp³-hybridized carbons (Fsp3) is 0.364. The van der Waals surface area contributed by atoms with E-state index in [-0.39, 0.29) is 0 Å². The fourth-order valence-electron chi connectivity index (χ4n) is 1.52. The Morgan fingerprint density at radius 1 is 1.33 bits per heavy atom. The van der Waals surface area contributed by atoms with E-state index < -0.39 is 0 Å². The van der Waals surface area contributed by atoms with Gasteiger partial charge in [-0.25, -0.2) is 0 Å². The highest BCUT2D eigenvalue weighted by atomic mass is 16.5. The van der Waals surface area contributed by atoms with Crippen LogP contribution in [0.5, 0.6) is 5.75 Å². The normalized spacial score (nSPS) is 10.8. The number of rotatable bonds is 4. The molecule has 0 atom stereocenters. The number of nitrogens with one attached hydrogen (secondary N) is 1. The van der Waals surface area contributed by atoms with Crippen molar-refractivity contribution in [1.29, 1.82) is 0 Å². The number of benzene rings is 1. The predicted octanol–water partition coefficient (Wildman–Crippen LogP) is 1.90. The second-order valence-electron chi connectivity index (χ2n) is 3.41. The molecule has 0 radical (unpaired) electrons. The Kier molecular flexibility index (Phi) is 2.87. The van der Waals surface area contributed by atoms with Gasteiger partial charge >= 0.3 is 0 Å². The largest absolute Gasteiger partial charge is 0.491 e. The Bertz CT molecular complexity index is 451. The summed E-state index contributed by atoms with van der Waals surface area (Å²) in [6, 6.07) is 3.96. The number of aryl methyl sites for hydroxylation is 1. The van der Waals surface area contributed by atoms with Gasteiger partial charge in [-0.1, -0.05) is 0 Å². The average Bonchev–Trinajstić information content (AvgIpc) is 2.66. The number of nitrogens with zero attached hydrogens (tertiary/aromatic N) is 1. The molecule has 0 spiro atoms. The molecule has 1 N–H and O–H groups in total. The molecule has 0 fully saturated rings. The molecule has 1 aromatic carbocycles. The molecule has 0 amide bonds. The lowest BCUT2D eigenvalue weighted by molar-refractivity contribution is 0.146. The Labute approximate surface area is 88.2 Å². The summed E-state index contributed by atoms with van der Waals surface area (Å²) >= 11 is 0. The summed E-state index contributed by atoms with van der Waals surface area (Å²) in [5, 5.41) is 8.06. The smallest absolute Gasteiger partial charge is 0.121 e. The monoisotopic (exact) mass is 206 g/mol. The van der Waals surface area contributed by atoms with Gasteiger partial charge in [0.1, 0.15) is 12.4 Å². The van der Waals surface area contributed by atoms with E-state index in [0.29, 0.717) is 13.2 Å². The van der Waals surface area contributed by atoms with Crippen molar-refractivity contribution in [2.24, 2.45) is 0 Å². The van der Waals surface area contributed by atoms with E-state index in [2.05, 4.69) is 10.2 Å². The highest BCUT2D eigenvalue weighted by Gasteiger charge is 2.02. The second-order valence-corrected chi connectivity index (χ2v) is 3.41. The lowest BCUT2D eigenvalue weighted by Gasteiger charge is -2.06. The van der Waals surface area contributed by atoms with Gasteiger partial charge in [-0.15, -0.1) is 0 Å². The number of hydrogen-bond donors (Lipinski definition) is 1. The van der Waals surface area contributed by atoms with Crippen molar-refractivity contribution in [2.75, 3.05) is 20.3 Å². The van der Waals surface area contributed by atoms with Crippen LogP contribution < -0.4 is 4.74 Å². The molecular formula is C11H14N2O2. The second kappa shape index (κ2) is 4.31. The molecule has 1 heterocycles. The first-order valence-corrected chi connectivity index (χ1v) is 4.86. The lowest BCUT2D eigenvalue weighted by atomic mass is 10.1. The van der Waals surface area contributed by atoms with Crippen LogP contribution in [0.2, 0.25) is 0 Å². The highest BCUT2D eigenvalue weighted by molar-refractivity contribution is 5.82. The number of H-pyrrole nitrogens is 1. The minimum absolute atomic E-state index is 0.565. The molecular weight excluding hydrogens is 192 g/mol. The summed E-state index contributed by atoms with van der Waals surface area (Å²) in [4.78, 5) is 0. The maximum absolute atomic E-state index is 5.53. The van der Waals surface area contributed by atoms with Gasteiger partial charge in [-0.3, -0.25) is 5.10 Å². The number of aromatic nitrogens is 2. The third-order valence-corrected chi connectivity index (χ3v) is 2.30. The summed E-state index contributed by atoms with van der Waals surface area (Å²) in [7, 11) is 1.66. The lowest BCUT2D eigenvalue weighted by Crippen LogP contribution is -2.04. The third-order valence-electron chi connectivity index (χ3n) is 2.30. The summed E-state index contributed by atoms with van der Waals surface area (Å²) in [5.74, 6) is 0.848. The standard InChI is InChI=1S/C11H14N2O2/c1-8-5-9(15-4-3-14-2)6-11-10(8)7-12-13-11/h5-7H,3-4H2,1-2H3,(H,12,13). The van der Waals surface area contributed by atoms with Crippen LogP contribution >= 0.6 is 0 Å². The van der Waals surface area contributed by atoms with Gasteiger partial charge in [-0.05, 0) is 18.6 Å². The highest BCUT2D eigenvalue weighted by Crippen LogP contribution is 2.22. The van der Waals surface area contributed by atoms with Gasteiger partial charge in [0, 0.05) is 18.6 Å². The van der Waals surface area contributed by atoms with Crippen LogP contribution in [0.15, 0.2) is 18.3 Å². The maximum Gasteiger partial charge on any atom is 0.121 e. The van der Waals surface area contributed by atoms with Gasteiger partial charge in [-0.2, -0.15) is 5.10 Å². The van der Waals surface area contributed by atoms with Crippen molar-refractivity contribution in [3.63, 3.8) is 0 Å². The van der Waals surface area contributed by atoms with Crippen LogP contribution in [-0.2, 0) is 4.74 Å². The first kappa shape index (κ1) is 9.98. The van der Waals surface area contributed by atoms with E-state index in [1.165, 1.54) is 0 Å². The number of ether oxygens (including phenoxy) is 2. The first-order valence-electron chi connectivity index (χ1n) is 4.86. The number of fused-ring (bicyclic) bond motifs is 1. The molecule has 0 saturated carbocycles. The van der Waals surface area contributed by atoms with Crippen LogP contribution in [-0.4, -0.2) is 30.5 Å². The number of aromatic amines is 1. The van der Waals surface area contributed by atoms with Crippen LogP contribution in [0.1, 0.15) is 5.56 Å². The van der Waals surface area contributed by atoms with Crippen LogP contribution in [0.4, 0.5) is 0 Å². The van der Waals surface area contributed by atoms with Gasteiger partial charge in [0.15, 0.2) is 0 Å². The van der Waals surface area contributed by atoms with E-state index >= 15 is 0 Å². The van der Waals surface area contributed by atoms with E-state index in [4.69, 9.17) is 9.47 Å². The molecule has 4 nitrogen and oxygen atoms in total. The minimum atomic E-state index is 0.565. The van der Waals surface area contributed by atoms with E-state index in [0.717, 1.165) is 22.2 Å². The molecule has 2 aromatic rings. The number of hydrogen-bond acceptors (Lipinski definition) is 3. The molecule has 15 heavy (non-hydrogen) atoms. The van der Waals surface area contributed by atoms with Crippen molar-refractivity contribution in [3.05, 3.63) is 23.9 Å². The predicted molar refractivity (Wildman–Crippen MR) is 58.2 cm³/mol. The molecule has 1 aromatic heterocycles. The SMILES string of the molecule is COCCOc1cc(C)c2cn[nH]c2c1. The van der Waals surface area contributed by atoms with Gasteiger partial charge < -0.3 is 9.47 Å². The van der Waals surface area contributed by atoms with Crippen LogP contribution in [0.25, 0.3) is 10.9 Å². The van der Waals surface area contributed by atoms with Gasteiger partial charge in [0.25, 0.3) is 0 Å².